The van der Waals surface area contributed by atoms with Gasteiger partial charge in [0.2, 0.25) is 0 Å². The molecule has 0 fully saturated rings. The number of rotatable bonds is 5. The standard InChI is InChI=1S/C13H19ClN2O2.ClH/c1-8-4-5-11(14)12(6-8)18-10(3)13(17)16-9(2)7-15;/h4-6,9-10H,7,15H2,1-3H3,(H,16,17);1H/t9-,10?;/m0./s1. The number of amides is 1. The Balaban J connectivity index is 0.00000324. The third-order valence-corrected chi connectivity index (χ3v) is 2.81. The van der Waals surface area contributed by atoms with Crippen molar-refractivity contribution in [3.63, 3.8) is 0 Å². The molecule has 0 saturated heterocycles. The molecule has 0 aliphatic rings. The quantitative estimate of drug-likeness (QED) is 0.877. The van der Waals surface area contributed by atoms with E-state index in [1.807, 2.05) is 19.9 Å². The predicted octanol–water partition coefficient (Wildman–Crippen LogP) is 2.30. The Kier molecular flexibility index (Phi) is 7.83. The highest BCUT2D eigenvalue weighted by atomic mass is 35.5. The highest BCUT2D eigenvalue weighted by Crippen LogP contribution is 2.26. The Hall–Kier alpha value is -0.970. The van der Waals surface area contributed by atoms with Crippen LogP contribution in [0.5, 0.6) is 5.75 Å². The van der Waals surface area contributed by atoms with E-state index < -0.39 is 6.10 Å². The van der Waals surface area contributed by atoms with E-state index in [0.717, 1.165) is 5.56 Å². The second-order valence-electron chi connectivity index (χ2n) is 4.34. The zero-order valence-corrected chi connectivity index (χ0v) is 12.8. The average molecular weight is 307 g/mol. The Morgan fingerprint density at radius 2 is 2.11 bits per heavy atom. The molecule has 0 spiro atoms. The Labute approximate surface area is 125 Å². The molecular weight excluding hydrogens is 287 g/mol. The van der Waals surface area contributed by atoms with Gasteiger partial charge in [-0.2, -0.15) is 0 Å². The molecule has 0 saturated carbocycles. The Morgan fingerprint density at radius 1 is 1.47 bits per heavy atom. The molecule has 6 heteroatoms. The van der Waals surface area contributed by atoms with Gasteiger partial charge in [0.1, 0.15) is 5.75 Å². The minimum Gasteiger partial charge on any atom is -0.479 e. The third-order valence-electron chi connectivity index (χ3n) is 2.50. The van der Waals surface area contributed by atoms with Crippen LogP contribution in [0.15, 0.2) is 18.2 Å². The summed E-state index contributed by atoms with van der Waals surface area (Å²) in [6.07, 6.45) is -0.613. The van der Waals surface area contributed by atoms with Crippen molar-refractivity contribution >= 4 is 29.9 Å². The molecule has 1 aromatic carbocycles. The molecule has 0 bridgehead atoms. The molecule has 3 N–H and O–H groups in total. The molecule has 0 radical (unpaired) electrons. The predicted molar refractivity (Wildman–Crippen MR) is 80.2 cm³/mol. The molecule has 1 unspecified atom stereocenters. The van der Waals surface area contributed by atoms with Gasteiger partial charge in [0.15, 0.2) is 6.10 Å². The van der Waals surface area contributed by atoms with Crippen molar-refractivity contribution in [1.29, 1.82) is 0 Å². The van der Waals surface area contributed by atoms with E-state index in [1.54, 1.807) is 19.1 Å². The monoisotopic (exact) mass is 306 g/mol. The third kappa shape index (κ3) is 5.68. The Bertz CT molecular complexity index is 427. The largest absolute Gasteiger partial charge is 0.479 e. The Morgan fingerprint density at radius 3 is 2.68 bits per heavy atom. The van der Waals surface area contributed by atoms with E-state index in [-0.39, 0.29) is 24.4 Å². The van der Waals surface area contributed by atoms with Crippen LogP contribution in [0.2, 0.25) is 5.02 Å². The van der Waals surface area contributed by atoms with E-state index in [0.29, 0.717) is 17.3 Å². The minimum absolute atomic E-state index is 0. The summed E-state index contributed by atoms with van der Waals surface area (Å²) in [5.41, 5.74) is 6.47. The second kappa shape index (κ2) is 8.25. The number of halogens is 2. The molecule has 1 rings (SSSR count). The van der Waals surface area contributed by atoms with E-state index in [1.165, 1.54) is 0 Å². The van der Waals surface area contributed by atoms with Gasteiger partial charge < -0.3 is 15.8 Å². The van der Waals surface area contributed by atoms with Crippen molar-refractivity contribution in [2.45, 2.75) is 32.9 Å². The number of carbonyl (C=O) groups is 1. The lowest BCUT2D eigenvalue weighted by atomic mass is 10.2. The van der Waals surface area contributed by atoms with Crippen LogP contribution >= 0.6 is 24.0 Å². The number of carbonyl (C=O) groups excluding carboxylic acids is 1. The summed E-state index contributed by atoms with van der Waals surface area (Å²) in [4.78, 5) is 11.8. The number of hydrogen-bond donors (Lipinski definition) is 2. The van der Waals surface area contributed by atoms with Gasteiger partial charge in [0, 0.05) is 12.6 Å². The highest BCUT2D eigenvalue weighted by Gasteiger charge is 2.17. The van der Waals surface area contributed by atoms with Crippen molar-refractivity contribution in [3.05, 3.63) is 28.8 Å². The van der Waals surface area contributed by atoms with E-state index in [2.05, 4.69) is 5.32 Å². The second-order valence-corrected chi connectivity index (χ2v) is 4.75. The lowest BCUT2D eigenvalue weighted by molar-refractivity contribution is -0.127. The van der Waals surface area contributed by atoms with Crippen molar-refractivity contribution in [2.75, 3.05) is 6.54 Å². The van der Waals surface area contributed by atoms with Crippen LogP contribution < -0.4 is 15.8 Å². The fourth-order valence-corrected chi connectivity index (χ4v) is 1.53. The molecule has 0 aromatic heterocycles. The molecule has 1 aromatic rings. The maximum absolute atomic E-state index is 11.8. The molecule has 1 amide bonds. The summed E-state index contributed by atoms with van der Waals surface area (Å²) in [7, 11) is 0. The van der Waals surface area contributed by atoms with Crippen LogP contribution in [0.25, 0.3) is 0 Å². The van der Waals surface area contributed by atoms with Crippen molar-refractivity contribution < 1.29 is 9.53 Å². The van der Waals surface area contributed by atoms with Crippen LogP contribution in [-0.4, -0.2) is 24.6 Å². The van der Waals surface area contributed by atoms with Crippen LogP contribution in [0.4, 0.5) is 0 Å². The number of nitrogens with two attached hydrogens (primary N) is 1. The van der Waals surface area contributed by atoms with Crippen molar-refractivity contribution in [1.82, 2.24) is 5.32 Å². The molecule has 4 nitrogen and oxygen atoms in total. The molecule has 19 heavy (non-hydrogen) atoms. The summed E-state index contributed by atoms with van der Waals surface area (Å²) in [6.45, 7) is 5.84. The minimum atomic E-state index is -0.613. The first kappa shape index (κ1) is 18.0. The highest BCUT2D eigenvalue weighted by molar-refractivity contribution is 6.32. The van der Waals surface area contributed by atoms with Gasteiger partial charge in [-0.1, -0.05) is 17.7 Å². The number of ether oxygens (including phenoxy) is 1. The van der Waals surface area contributed by atoms with Gasteiger partial charge in [0.05, 0.1) is 5.02 Å². The first-order valence-electron chi connectivity index (χ1n) is 5.87. The summed E-state index contributed by atoms with van der Waals surface area (Å²) >= 11 is 6.00. The van der Waals surface area contributed by atoms with E-state index in [4.69, 9.17) is 22.1 Å². The molecule has 2 atom stereocenters. The topological polar surface area (TPSA) is 64.3 Å². The smallest absolute Gasteiger partial charge is 0.261 e. The maximum Gasteiger partial charge on any atom is 0.261 e. The number of aryl methyl sites for hydroxylation is 1. The fourth-order valence-electron chi connectivity index (χ4n) is 1.36. The van der Waals surface area contributed by atoms with Crippen molar-refractivity contribution in [2.24, 2.45) is 5.73 Å². The van der Waals surface area contributed by atoms with Crippen LogP contribution in [0.3, 0.4) is 0 Å². The lowest BCUT2D eigenvalue weighted by Crippen LogP contribution is -2.44. The first-order valence-corrected chi connectivity index (χ1v) is 6.25. The van der Waals surface area contributed by atoms with Crippen molar-refractivity contribution in [3.8, 4) is 5.75 Å². The zero-order valence-electron chi connectivity index (χ0n) is 11.3. The fraction of sp³-hybridized carbons (Fsp3) is 0.462. The number of hydrogen-bond acceptors (Lipinski definition) is 3. The maximum atomic E-state index is 11.8. The molecule has 0 aliphatic carbocycles. The normalized spacial score (nSPS) is 13.1. The number of benzene rings is 1. The van der Waals surface area contributed by atoms with Crippen LogP contribution in [-0.2, 0) is 4.79 Å². The SMILES string of the molecule is Cc1ccc(Cl)c(OC(C)C(=O)N[C@@H](C)CN)c1.Cl. The molecule has 0 heterocycles. The van der Waals surface area contributed by atoms with Gasteiger partial charge >= 0.3 is 0 Å². The van der Waals surface area contributed by atoms with E-state index >= 15 is 0 Å². The molecular formula is C13H20Cl2N2O2. The lowest BCUT2D eigenvalue weighted by Gasteiger charge is -2.18. The zero-order chi connectivity index (χ0) is 13.7. The average Bonchev–Trinajstić information content (AvgIpc) is 2.33. The van der Waals surface area contributed by atoms with E-state index in [9.17, 15) is 4.79 Å². The summed E-state index contributed by atoms with van der Waals surface area (Å²) < 4.78 is 5.55. The molecule has 0 aliphatic heterocycles. The van der Waals surface area contributed by atoms with Gasteiger partial charge in [0.25, 0.3) is 5.91 Å². The van der Waals surface area contributed by atoms with Gasteiger partial charge in [-0.05, 0) is 38.5 Å². The van der Waals surface area contributed by atoms with Gasteiger partial charge in [-0.15, -0.1) is 12.4 Å². The van der Waals surface area contributed by atoms with Crippen LogP contribution in [0.1, 0.15) is 19.4 Å². The number of nitrogens with one attached hydrogen (secondary N) is 1. The first-order chi connectivity index (χ1) is 8.43. The van der Waals surface area contributed by atoms with Gasteiger partial charge in [-0.25, -0.2) is 0 Å². The molecule has 108 valence electrons. The van der Waals surface area contributed by atoms with Crippen LogP contribution in [0, 0.1) is 6.92 Å². The van der Waals surface area contributed by atoms with Gasteiger partial charge in [-0.3, -0.25) is 4.79 Å². The summed E-state index contributed by atoms with van der Waals surface area (Å²) in [6, 6.07) is 5.37. The summed E-state index contributed by atoms with van der Waals surface area (Å²) in [5, 5.41) is 3.24. The summed E-state index contributed by atoms with van der Waals surface area (Å²) in [5.74, 6) is 0.310.